The first kappa shape index (κ1) is 22.1. The Hall–Kier alpha value is -2.63. The molecule has 4 amide bonds. The van der Waals surface area contributed by atoms with Crippen molar-refractivity contribution < 1.29 is 23.9 Å². The molecule has 3 rings (SSSR count). The number of carbonyl (C=O) groups excluding carboxylic acids is 4. The number of nitrogens with zero attached hydrogens (tertiary/aromatic N) is 3. The van der Waals surface area contributed by atoms with Crippen LogP contribution in [0.5, 0.6) is 0 Å². The third kappa shape index (κ3) is 3.87. The van der Waals surface area contributed by atoms with E-state index in [1.54, 1.807) is 7.05 Å². The average molecular weight is 418 g/mol. The molecule has 0 aromatic heterocycles. The summed E-state index contributed by atoms with van der Waals surface area (Å²) in [6.45, 7) is 0.882. The minimum absolute atomic E-state index is 0.00314. The Morgan fingerprint density at radius 2 is 1.87 bits per heavy atom. The zero-order valence-electron chi connectivity index (χ0n) is 17.7. The highest BCUT2D eigenvalue weighted by Crippen LogP contribution is 2.38. The number of hydrogen-bond acceptors (Lipinski definition) is 6. The van der Waals surface area contributed by atoms with Gasteiger partial charge in [0.05, 0.1) is 6.07 Å². The van der Waals surface area contributed by atoms with E-state index in [2.05, 4.69) is 11.4 Å². The lowest BCUT2D eigenvalue weighted by Gasteiger charge is -2.38. The molecule has 30 heavy (non-hydrogen) atoms. The molecular weight excluding hydrogens is 388 g/mol. The zero-order chi connectivity index (χ0) is 21.9. The van der Waals surface area contributed by atoms with E-state index in [0.717, 1.165) is 43.4 Å². The van der Waals surface area contributed by atoms with Crippen molar-refractivity contribution in [3.63, 3.8) is 0 Å². The van der Waals surface area contributed by atoms with Gasteiger partial charge in [0, 0.05) is 7.05 Å². The van der Waals surface area contributed by atoms with Crippen LogP contribution in [0.1, 0.15) is 64.7 Å². The van der Waals surface area contributed by atoms with Gasteiger partial charge >= 0.3 is 12.0 Å². The van der Waals surface area contributed by atoms with Gasteiger partial charge in [0.25, 0.3) is 11.8 Å². The van der Waals surface area contributed by atoms with Gasteiger partial charge in [0.2, 0.25) is 0 Å². The molecule has 2 saturated carbocycles. The summed E-state index contributed by atoms with van der Waals surface area (Å²) in [6, 6.07) is 1.65. The average Bonchev–Trinajstić information content (AvgIpc) is 2.99. The minimum atomic E-state index is -0.939. The number of amides is 4. The molecule has 1 aliphatic heterocycles. The third-order valence-electron chi connectivity index (χ3n) is 7.05. The van der Waals surface area contributed by atoms with Crippen molar-refractivity contribution in [2.24, 2.45) is 5.92 Å². The lowest BCUT2D eigenvalue weighted by atomic mass is 9.73. The summed E-state index contributed by atoms with van der Waals surface area (Å²) in [5, 5.41) is 12.4. The van der Waals surface area contributed by atoms with Gasteiger partial charge in [-0.15, -0.1) is 0 Å². The van der Waals surface area contributed by atoms with Crippen molar-refractivity contribution in [1.82, 2.24) is 15.1 Å². The second-order valence-corrected chi connectivity index (χ2v) is 8.76. The largest absolute Gasteiger partial charge is 0.454 e. The fraction of sp³-hybridized carbons (Fsp3) is 0.762. The Kier molecular flexibility index (Phi) is 6.34. The number of nitriles is 1. The summed E-state index contributed by atoms with van der Waals surface area (Å²) in [5.41, 5.74) is -1.80. The molecule has 0 unspecified atom stereocenters. The molecule has 1 saturated heterocycles. The van der Waals surface area contributed by atoms with Crippen LogP contribution in [0, 0.1) is 17.2 Å². The van der Waals surface area contributed by atoms with Crippen LogP contribution in [0.2, 0.25) is 0 Å². The molecule has 3 aliphatic rings. The van der Waals surface area contributed by atoms with E-state index >= 15 is 0 Å². The molecular formula is C21H30N4O5. The summed E-state index contributed by atoms with van der Waals surface area (Å²) in [6.07, 6.45) is 7.23. The quantitative estimate of drug-likeness (QED) is 0.536. The molecule has 0 radical (unpaired) electrons. The highest BCUT2D eigenvalue weighted by Gasteiger charge is 2.55. The van der Waals surface area contributed by atoms with Crippen molar-refractivity contribution in [2.45, 2.75) is 75.8 Å². The Bertz CT molecular complexity index is 770. The van der Waals surface area contributed by atoms with Gasteiger partial charge in [-0.1, -0.05) is 39.0 Å². The number of carbonyl (C=O) groups is 4. The standard InChI is InChI=1S/C21H30N4O5/c1-15-8-4-7-11-21(15)18(28)25(19(29)23-21)12-17(27)30-13-16(26)24(2)20(14-22)9-5-3-6-10-20/h15H,3-13H2,1-2H3,(H,23,29)/t15-,21-/m1/s1. The van der Waals surface area contributed by atoms with E-state index < -0.39 is 48.0 Å². The number of esters is 1. The number of urea groups is 1. The van der Waals surface area contributed by atoms with Crippen LogP contribution in [0.15, 0.2) is 0 Å². The van der Waals surface area contributed by atoms with Crippen molar-refractivity contribution in [3.8, 4) is 6.07 Å². The van der Waals surface area contributed by atoms with Crippen LogP contribution >= 0.6 is 0 Å². The Morgan fingerprint density at radius 1 is 1.20 bits per heavy atom. The van der Waals surface area contributed by atoms with Crippen molar-refractivity contribution >= 4 is 23.8 Å². The summed E-state index contributed by atoms with van der Waals surface area (Å²) < 4.78 is 5.05. The fourth-order valence-corrected chi connectivity index (χ4v) is 4.95. The van der Waals surface area contributed by atoms with E-state index in [-0.39, 0.29) is 5.92 Å². The van der Waals surface area contributed by atoms with E-state index in [9.17, 15) is 24.4 Å². The number of rotatable bonds is 5. The number of likely N-dealkylation sites (N-methyl/N-ethyl adjacent to an activating group) is 1. The molecule has 1 heterocycles. The molecule has 1 N–H and O–H groups in total. The fourth-order valence-electron chi connectivity index (χ4n) is 4.95. The van der Waals surface area contributed by atoms with Crippen molar-refractivity contribution in [1.29, 1.82) is 5.26 Å². The van der Waals surface area contributed by atoms with Crippen LogP contribution in [-0.4, -0.2) is 64.9 Å². The number of ether oxygens (including phenoxy) is 1. The van der Waals surface area contributed by atoms with Gasteiger partial charge in [-0.05, 0) is 31.6 Å². The van der Waals surface area contributed by atoms with Crippen LogP contribution in [0.3, 0.4) is 0 Å². The van der Waals surface area contributed by atoms with Gasteiger partial charge in [-0.2, -0.15) is 5.26 Å². The van der Waals surface area contributed by atoms with Gasteiger partial charge in [0.15, 0.2) is 6.61 Å². The third-order valence-corrected chi connectivity index (χ3v) is 7.05. The number of nitrogens with one attached hydrogen (secondary N) is 1. The van der Waals surface area contributed by atoms with Crippen LogP contribution in [-0.2, 0) is 19.1 Å². The first-order valence-corrected chi connectivity index (χ1v) is 10.7. The molecule has 0 aromatic carbocycles. The van der Waals surface area contributed by atoms with Crippen LogP contribution in [0.25, 0.3) is 0 Å². The summed E-state index contributed by atoms with van der Waals surface area (Å²) in [5.74, 6) is -1.70. The van der Waals surface area contributed by atoms with Crippen molar-refractivity contribution in [2.75, 3.05) is 20.2 Å². The molecule has 0 aromatic rings. The smallest absolute Gasteiger partial charge is 0.326 e. The molecule has 1 spiro atoms. The van der Waals surface area contributed by atoms with Gasteiger partial charge in [-0.3, -0.25) is 19.3 Å². The van der Waals surface area contributed by atoms with E-state index in [4.69, 9.17) is 4.74 Å². The highest BCUT2D eigenvalue weighted by atomic mass is 16.5. The molecule has 9 heteroatoms. The minimum Gasteiger partial charge on any atom is -0.454 e. The predicted molar refractivity (Wildman–Crippen MR) is 106 cm³/mol. The monoisotopic (exact) mass is 418 g/mol. The molecule has 2 aliphatic carbocycles. The highest BCUT2D eigenvalue weighted by molar-refractivity contribution is 6.09. The van der Waals surface area contributed by atoms with Gasteiger partial charge in [0.1, 0.15) is 17.6 Å². The Labute approximate surface area is 176 Å². The second-order valence-electron chi connectivity index (χ2n) is 8.76. The lowest BCUT2D eigenvalue weighted by molar-refractivity contribution is -0.155. The summed E-state index contributed by atoms with van der Waals surface area (Å²) >= 11 is 0. The van der Waals surface area contributed by atoms with E-state index in [1.165, 1.54) is 4.90 Å². The van der Waals surface area contributed by atoms with Crippen LogP contribution < -0.4 is 5.32 Å². The summed E-state index contributed by atoms with van der Waals surface area (Å²) in [4.78, 5) is 52.3. The Morgan fingerprint density at radius 3 is 2.50 bits per heavy atom. The second kappa shape index (κ2) is 8.62. The topological polar surface area (TPSA) is 120 Å². The normalized spacial score (nSPS) is 28.0. The van der Waals surface area contributed by atoms with Gasteiger partial charge < -0.3 is 15.0 Å². The van der Waals surface area contributed by atoms with Crippen molar-refractivity contribution in [3.05, 3.63) is 0 Å². The Balaban J connectivity index is 1.55. The molecule has 0 bridgehead atoms. The maximum absolute atomic E-state index is 12.9. The maximum Gasteiger partial charge on any atom is 0.326 e. The molecule has 164 valence electrons. The number of imide groups is 1. The zero-order valence-corrected chi connectivity index (χ0v) is 17.7. The van der Waals surface area contributed by atoms with Gasteiger partial charge in [-0.25, -0.2) is 4.79 Å². The SMILES string of the molecule is C[C@@H]1CCCC[C@@]12NC(=O)N(CC(=O)OCC(=O)N(C)C1(C#N)CCCCC1)C2=O. The lowest BCUT2D eigenvalue weighted by Crippen LogP contribution is -2.54. The van der Waals surface area contributed by atoms with Crippen LogP contribution in [0.4, 0.5) is 4.79 Å². The first-order valence-electron chi connectivity index (χ1n) is 10.7. The maximum atomic E-state index is 12.9. The first-order chi connectivity index (χ1) is 14.3. The number of hydrogen-bond donors (Lipinski definition) is 1. The molecule has 9 nitrogen and oxygen atoms in total. The van der Waals surface area contributed by atoms with E-state index in [0.29, 0.717) is 19.3 Å². The molecule has 3 fully saturated rings. The van der Waals surface area contributed by atoms with E-state index in [1.807, 2.05) is 6.92 Å². The molecule has 2 atom stereocenters. The predicted octanol–water partition coefficient (Wildman–Crippen LogP) is 1.72. The summed E-state index contributed by atoms with van der Waals surface area (Å²) in [7, 11) is 1.55.